The molecule has 0 saturated carbocycles. The summed E-state index contributed by atoms with van der Waals surface area (Å²) in [6.07, 6.45) is 1.88. The van der Waals surface area contributed by atoms with Crippen molar-refractivity contribution in [2.45, 2.75) is 30.7 Å². The summed E-state index contributed by atoms with van der Waals surface area (Å²) < 4.78 is 26.4. The number of rotatable bonds is 6. The molecule has 6 heteroatoms. The quantitative estimate of drug-likeness (QED) is 0.732. The van der Waals surface area contributed by atoms with E-state index in [1.54, 1.807) is 12.1 Å². The zero-order valence-electron chi connectivity index (χ0n) is 11.1. The molecule has 0 bridgehead atoms. The average Bonchev–Trinajstić information content (AvgIpc) is 2.90. The molecule has 0 aromatic heterocycles. The van der Waals surface area contributed by atoms with Gasteiger partial charge in [-0.05, 0) is 43.7 Å². The van der Waals surface area contributed by atoms with E-state index in [4.69, 9.17) is 0 Å². The number of nitrogens with one attached hydrogen (secondary N) is 3. The molecule has 1 heterocycles. The van der Waals surface area contributed by atoms with Gasteiger partial charge in [0.25, 0.3) is 0 Å². The summed E-state index contributed by atoms with van der Waals surface area (Å²) in [7, 11) is -3.36. The lowest BCUT2D eigenvalue weighted by atomic mass is 10.2. The van der Waals surface area contributed by atoms with Crippen molar-refractivity contribution < 1.29 is 8.42 Å². The van der Waals surface area contributed by atoms with E-state index in [1.807, 2.05) is 19.1 Å². The summed E-state index contributed by atoms with van der Waals surface area (Å²) in [6.45, 7) is 4.39. The minimum Gasteiger partial charge on any atom is -0.381 e. The molecule has 0 amide bonds. The van der Waals surface area contributed by atoms with Crippen molar-refractivity contribution in [3.63, 3.8) is 0 Å². The van der Waals surface area contributed by atoms with Crippen LogP contribution in [0.1, 0.15) is 19.8 Å². The van der Waals surface area contributed by atoms with E-state index >= 15 is 0 Å². The molecule has 1 aromatic rings. The first kappa shape index (κ1) is 14.3. The third kappa shape index (κ3) is 3.92. The van der Waals surface area contributed by atoms with Gasteiger partial charge in [-0.25, -0.2) is 13.1 Å². The molecule has 1 aliphatic heterocycles. The highest BCUT2D eigenvalue weighted by Gasteiger charge is 2.15. The van der Waals surface area contributed by atoms with Crippen LogP contribution in [0.15, 0.2) is 29.2 Å². The molecule has 0 spiro atoms. The smallest absolute Gasteiger partial charge is 0.240 e. The first-order valence-electron chi connectivity index (χ1n) is 6.69. The minimum absolute atomic E-state index is 0.316. The Morgan fingerprint density at radius 3 is 2.63 bits per heavy atom. The van der Waals surface area contributed by atoms with E-state index in [-0.39, 0.29) is 0 Å². The molecule has 0 aliphatic carbocycles. The van der Waals surface area contributed by atoms with Crippen LogP contribution in [0.25, 0.3) is 0 Å². The molecule has 0 radical (unpaired) electrons. The molecule has 1 aromatic carbocycles. The lowest BCUT2D eigenvalue weighted by molar-refractivity contribution is 0.581. The van der Waals surface area contributed by atoms with Gasteiger partial charge in [-0.3, -0.25) is 0 Å². The monoisotopic (exact) mass is 283 g/mol. The van der Waals surface area contributed by atoms with Crippen molar-refractivity contribution in [2.75, 3.05) is 25.0 Å². The van der Waals surface area contributed by atoms with Gasteiger partial charge in [0.1, 0.15) is 0 Å². The maximum absolute atomic E-state index is 11.9. The van der Waals surface area contributed by atoms with Crippen LogP contribution in [0.3, 0.4) is 0 Å². The highest BCUT2D eigenvalue weighted by Crippen LogP contribution is 2.16. The van der Waals surface area contributed by atoms with Crippen LogP contribution in [0.4, 0.5) is 5.69 Å². The highest BCUT2D eigenvalue weighted by atomic mass is 32.2. The number of sulfonamides is 1. The molecule has 19 heavy (non-hydrogen) atoms. The Bertz CT molecular complexity index is 493. The highest BCUT2D eigenvalue weighted by molar-refractivity contribution is 7.89. The summed E-state index contributed by atoms with van der Waals surface area (Å²) in [5.41, 5.74) is 0.961. The Morgan fingerprint density at radius 1 is 1.32 bits per heavy atom. The van der Waals surface area contributed by atoms with Gasteiger partial charge >= 0.3 is 0 Å². The Morgan fingerprint density at radius 2 is 2.05 bits per heavy atom. The van der Waals surface area contributed by atoms with E-state index in [0.29, 0.717) is 17.5 Å². The summed E-state index contributed by atoms with van der Waals surface area (Å²) in [4.78, 5) is 0.316. The second-order valence-corrected chi connectivity index (χ2v) is 6.52. The third-order valence-corrected chi connectivity index (χ3v) is 4.61. The van der Waals surface area contributed by atoms with Crippen molar-refractivity contribution in [1.82, 2.24) is 10.0 Å². The van der Waals surface area contributed by atoms with E-state index in [0.717, 1.165) is 31.6 Å². The van der Waals surface area contributed by atoms with E-state index in [2.05, 4.69) is 15.4 Å². The van der Waals surface area contributed by atoms with Gasteiger partial charge in [-0.15, -0.1) is 0 Å². The van der Waals surface area contributed by atoms with Gasteiger partial charge in [0.05, 0.1) is 4.90 Å². The van der Waals surface area contributed by atoms with Crippen LogP contribution in [0.2, 0.25) is 0 Å². The fraction of sp³-hybridized carbons (Fsp3) is 0.538. The first-order valence-corrected chi connectivity index (χ1v) is 8.17. The summed E-state index contributed by atoms with van der Waals surface area (Å²) in [6, 6.07) is 7.35. The van der Waals surface area contributed by atoms with Gasteiger partial charge in [-0.2, -0.15) is 0 Å². The SMILES string of the molecule is CCCNS(=O)(=O)c1ccc(NC2CCNC2)cc1. The van der Waals surface area contributed by atoms with Crippen molar-refractivity contribution >= 4 is 15.7 Å². The molecule has 1 aliphatic rings. The van der Waals surface area contributed by atoms with E-state index in [9.17, 15) is 8.42 Å². The van der Waals surface area contributed by atoms with Gasteiger partial charge in [0.2, 0.25) is 10.0 Å². The van der Waals surface area contributed by atoms with Crippen molar-refractivity contribution in [3.05, 3.63) is 24.3 Å². The van der Waals surface area contributed by atoms with Crippen molar-refractivity contribution in [3.8, 4) is 0 Å². The maximum atomic E-state index is 11.9. The summed E-state index contributed by atoms with van der Waals surface area (Å²) in [5.74, 6) is 0. The van der Waals surface area contributed by atoms with Crippen LogP contribution in [-0.4, -0.2) is 34.1 Å². The molecule has 3 N–H and O–H groups in total. The number of anilines is 1. The lowest BCUT2D eigenvalue weighted by Crippen LogP contribution is -2.24. The van der Waals surface area contributed by atoms with Crippen molar-refractivity contribution in [1.29, 1.82) is 0 Å². The van der Waals surface area contributed by atoms with Gasteiger partial charge < -0.3 is 10.6 Å². The van der Waals surface area contributed by atoms with E-state index < -0.39 is 10.0 Å². The Labute approximate surface area is 114 Å². The molecule has 2 rings (SSSR count). The Kier molecular flexibility index (Phi) is 4.79. The zero-order valence-corrected chi connectivity index (χ0v) is 12.0. The normalized spacial score (nSPS) is 19.5. The van der Waals surface area contributed by atoms with Crippen LogP contribution < -0.4 is 15.4 Å². The third-order valence-electron chi connectivity index (χ3n) is 3.14. The zero-order chi connectivity index (χ0) is 13.7. The first-order chi connectivity index (χ1) is 9.12. The summed E-state index contributed by atoms with van der Waals surface area (Å²) >= 11 is 0. The number of benzene rings is 1. The maximum Gasteiger partial charge on any atom is 0.240 e. The second-order valence-electron chi connectivity index (χ2n) is 4.76. The summed E-state index contributed by atoms with van der Waals surface area (Å²) in [5, 5.41) is 6.67. The van der Waals surface area contributed by atoms with Gasteiger partial charge in [-0.1, -0.05) is 6.92 Å². The van der Waals surface area contributed by atoms with Crippen LogP contribution in [0.5, 0.6) is 0 Å². The molecule has 1 fully saturated rings. The molecular weight excluding hydrogens is 262 g/mol. The number of hydrogen-bond donors (Lipinski definition) is 3. The van der Waals surface area contributed by atoms with Crippen LogP contribution in [0, 0.1) is 0 Å². The molecular formula is C13H21N3O2S. The molecule has 1 unspecified atom stereocenters. The topological polar surface area (TPSA) is 70.2 Å². The van der Waals surface area contributed by atoms with E-state index in [1.165, 1.54) is 0 Å². The Balaban J connectivity index is 2.01. The largest absolute Gasteiger partial charge is 0.381 e. The fourth-order valence-corrected chi connectivity index (χ4v) is 3.20. The second kappa shape index (κ2) is 6.36. The van der Waals surface area contributed by atoms with Crippen LogP contribution in [-0.2, 0) is 10.0 Å². The standard InChI is InChI=1S/C13H21N3O2S/c1-2-8-15-19(17,18)13-5-3-11(4-6-13)16-12-7-9-14-10-12/h3-6,12,14-16H,2,7-10H2,1H3. The van der Waals surface area contributed by atoms with Crippen LogP contribution >= 0.6 is 0 Å². The van der Waals surface area contributed by atoms with Gasteiger partial charge in [0.15, 0.2) is 0 Å². The average molecular weight is 283 g/mol. The minimum atomic E-state index is -3.36. The predicted octanol–water partition coefficient (Wildman–Crippen LogP) is 1.15. The lowest BCUT2D eigenvalue weighted by Gasteiger charge is -2.13. The molecule has 1 saturated heterocycles. The molecule has 106 valence electrons. The fourth-order valence-electron chi connectivity index (χ4n) is 2.06. The molecule has 1 atom stereocenters. The van der Waals surface area contributed by atoms with Gasteiger partial charge in [0, 0.05) is 24.8 Å². The number of hydrogen-bond acceptors (Lipinski definition) is 4. The molecule has 5 nitrogen and oxygen atoms in total. The Hall–Kier alpha value is -1.11. The predicted molar refractivity (Wildman–Crippen MR) is 76.8 cm³/mol. The van der Waals surface area contributed by atoms with Crippen molar-refractivity contribution in [2.24, 2.45) is 0 Å².